The second-order valence-electron chi connectivity index (χ2n) is 7.06. The lowest BCUT2D eigenvalue weighted by Gasteiger charge is -2.36. The minimum absolute atomic E-state index is 0.0255. The number of thiazole rings is 1. The third-order valence-electron chi connectivity index (χ3n) is 5.25. The van der Waals surface area contributed by atoms with Gasteiger partial charge in [-0.05, 0) is 31.4 Å². The number of amides is 1. The number of aromatic nitrogens is 1. The van der Waals surface area contributed by atoms with Gasteiger partial charge in [-0.15, -0.1) is 11.3 Å². The highest BCUT2D eigenvalue weighted by atomic mass is 32.1. The molecule has 1 amide bonds. The molecule has 2 heterocycles. The number of nitrogens with zero attached hydrogens (tertiary/aromatic N) is 2. The Hall–Kier alpha value is -2.12. The maximum Gasteiger partial charge on any atom is 0.220 e. The van der Waals surface area contributed by atoms with Crippen molar-refractivity contribution in [2.45, 2.75) is 38.8 Å². The van der Waals surface area contributed by atoms with E-state index in [1.807, 2.05) is 30.6 Å². The van der Waals surface area contributed by atoms with E-state index in [2.05, 4.69) is 21.3 Å². The molecule has 0 radical (unpaired) electrons. The maximum atomic E-state index is 12.1. The Kier molecular flexibility index (Phi) is 7.28. The van der Waals surface area contributed by atoms with E-state index >= 15 is 0 Å². The molecule has 0 saturated carbocycles. The molecule has 1 aromatic heterocycles. The van der Waals surface area contributed by atoms with Crippen molar-refractivity contribution in [2.24, 2.45) is 5.92 Å². The average molecular weight is 404 g/mol. The highest BCUT2D eigenvalue weighted by molar-refractivity contribution is 7.09. The van der Waals surface area contributed by atoms with Crippen molar-refractivity contribution < 1.29 is 14.3 Å². The molecule has 152 valence electrons. The molecule has 7 heteroatoms. The van der Waals surface area contributed by atoms with Crippen LogP contribution in [0, 0.1) is 5.92 Å². The molecular formula is C21H29N3O3S. The largest absolute Gasteiger partial charge is 0.493 e. The molecule has 1 fully saturated rings. The highest BCUT2D eigenvalue weighted by Crippen LogP contribution is 2.35. The fourth-order valence-electron chi connectivity index (χ4n) is 3.87. The molecule has 6 nitrogen and oxygen atoms in total. The average Bonchev–Trinajstić information content (AvgIpc) is 3.26. The summed E-state index contributed by atoms with van der Waals surface area (Å²) in [5.41, 5.74) is 1.12. The van der Waals surface area contributed by atoms with E-state index in [1.165, 1.54) is 0 Å². The zero-order valence-corrected chi connectivity index (χ0v) is 17.6. The molecular weight excluding hydrogens is 374 g/mol. The maximum absolute atomic E-state index is 12.1. The van der Waals surface area contributed by atoms with E-state index in [0.29, 0.717) is 12.3 Å². The number of likely N-dealkylation sites (tertiary alicyclic amines) is 1. The smallest absolute Gasteiger partial charge is 0.220 e. The zero-order valence-electron chi connectivity index (χ0n) is 16.8. The predicted octanol–water partition coefficient (Wildman–Crippen LogP) is 3.64. The van der Waals surface area contributed by atoms with E-state index in [0.717, 1.165) is 54.5 Å². The lowest BCUT2D eigenvalue weighted by Crippen LogP contribution is -2.42. The van der Waals surface area contributed by atoms with Gasteiger partial charge < -0.3 is 14.8 Å². The first-order valence-electron chi connectivity index (χ1n) is 9.77. The molecule has 1 aliphatic rings. The Morgan fingerprint density at radius 3 is 2.93 bits per heavy atom. The summed E-state index contributed by atoms with van der Waals surface area (Å²) in [5.74, 6) is 1.96. The number of ether oxygens (including phenoxy) is 2. The number of piperidine rings is 1. The third-order valence-corrected chi connectivity index (χ3v) is 6.11. The summed E-state index contributed by atoms with van der Waals surface area (Å²) in [7, 11) is 3.34. The first kappa shape index (κ1) is 20.6. The molecule has 2 aromatic rings. The van der Waals surface area contributed by atoms with Crippen LogP contribution in [0.1, 0.15) is 42.8 Å². The Morgan fingerprint density at radius 1 is 1.39 bits per heavy atom. The Balaban J connectivity index is 1.75. The lowest BCUT2D eigenvalue weighted by molar-refractivity contribution is -0.122. The number of hydrogen-bond acceptors (Lipinski definition) is 6. The number of nitrogens with one attached hydrogen (secondary N) is 1. The van der Waals surface area contributed by atoms with Crippen molar-refractivity contribution in [2.75, 3.05) is 27.3 Å². The van der Waals surface area contributed by atoms with Crippen LogP contribution >= 0.6 is 11.3 Å². The fourth-order valence-corrected chi connectivity index (χ4v) is 4.65. The molecule has 2 atom stereocenters. The van der Waals surface area contributed by atoms with Crippen LogP contribution in [0.5, 0.6) is 11.5 Å². The molecule has 3 rings (SSSR count). The summed E-state index contributed by atoms with van der Waals surface area (Å²) >= 11 is 1.61. The molecule has 0 unspecified atom stereocenters. The van der Waals surface area contributed by atoms with Gasteiger partial charge in [0.05, 0.1) is 20.3 Å². The standard InChI is InChI=1S/C21H29N3O3S/c1-4-18(25)23-19(21-22-10-12-28-21)15-8-6-11-24(13-15)14-16-7-5-9-17(26-2)20(16)27-3/h5,7,9-10,12,15,19H,4,6,8,11,13-14H2,1-3H3,(H,23,25)/t15-,19-/m0/s1. The molecule has 1 saturated heterocycles. The molecule has 0 aliphatic carbocycles. The number of benzene rings is 1. The number of carbonyl (C=O) groups excluding carboxylic acids is 1. The second-order valence-corrected chi connectivity index (χ2v) is 7.99. The van der Waals surface area contributed by atoms with Crippen molar-refractivity contribution in [3.05, 3.63) is 40.3 Å². The Morgan fingerprint density at radius 2 is 2.25 bits per heavy atom. The SMILES string of the molecule is CCC(=O)N[C@H](c1nccs1)[C@H]1CCCN(Cc2cccc(OC)c2OC)C1. The summed E-state index contributed by atoms with van der Waals surface area (Å²) in [5, 5.41) is 6.17. The summed E-state index contributed by atoms with van der Waals surface area (Å²) in [6.45, 7) is 4.62. The molecule has 1 N–H and O–H groups in total. The zero-order chi connectivity index (χ0) is 19.9. The second kappa shape index (κ2) is 9.89. The highest BCUT2D eigenvalue weighted by Gasteiger charge is 2.31. The van der Waals surface area contributed by atoms with Crippen molar-refractivity contribution in [1.82, 2.24) is 15.2 Å². The lowest BCUT2D eigenvalue weighted by atomic mass is 9.90. The monoisotopic (exact) mass is 403 g/mol. The van der Waals surface area contributed by atoms with Crippen LogP contribution in [0.25, 0.3) is 0 Å². The number of para-hydroxylation sites is 1. The van der Waals surface area contributed by atoms with Gasteiger partial charge in [0.15, 0.2) is 11.5 Å². The van der Waals surface area contributed by atoms with E-state index < -0.39 is 0 Å². The normalized spacial score (nSPS) is 18.5. The van der Waals surface area contributed by atoms with Gasteiger partial charge in [-0.2, -0.15) is 0 Å². The fraction of sp³-hybridized carbons (Fsp3) is 0.524. The minimum Gasteiger partial charge on any atom is -0.493 e. The van der Waals surface area contributed by atoms with Gasteiger partial charge in [-0.25, -0.2) is 4.98 Å². The van der Waals surface area contributed by atoms with Crippen molar-refractivity contribution in [3.8, 4) is 11.5 Å². The molecule has 1 aromatic carbocycles. The Bertz CT molecular complexity index is 766. The summed E-state index contributed by atoms with van der Waals surface area (Å²) in [6.07, 6.45) is 4.48. The minimum atomic E-state index is -0.0255. The topological polar surface area (TPSA) is 63.7 Å². The van der Waals surface area contributed by atoms with E-state index in [4.69, 9.17) is 9.47 Å². The van der Waals surface area contributed by atoms with Gasteiger partial charge in [0.25, 0.3) is 0 Å². The van der Waals surface area contributed by atoms with Gasteiger partial charge in [-0.3, -0.25) is 9.69 Å². The van der Waals surface area contributed by atoms with Crippen LogP contribution in [0.15, 0.2) is 29.8 Å². The van der Waals surface area contributed by atoms with Crippen LogP contribution in [-0.2, 0) is 11.3 Å². The first-order valence-corrected chi connectivity index (χ1v) is 10.6. The van der Waals surface area contributed by atoms with Crippen molar-refractivity contribution in [1.29, 1.82) is 0 Å². The number of hydrogen-bond donors (Lipinski definition) is 1. The van der Waals surface area contributed by atoms with Crippen molar-refractivity contribution >= 4 is 17.2 Å². The predicted molar refractivity (Wildman–Crippen MR) is 111 cm³/mol. The van der Waals surface area contributed by atoms with Gasteiger partial charge in [0, 0.05) is 36.7 Å². The van der Waals surface area contributed by atoms with E-state index in [9.17, 15) is 4.79 Å². The van der Waals surface area contributed by atoms with Crippen LogP contribution in [-0.4, -0.2) is 43.1 Å². The molecule has 1 aliphatic heterocycles. The van der Waals surface area contributed by atoms with Gasteiger partial charge >= 0.3 is 0 Å². The quantitative estimate of drug-likeness (QED) is 0.729. The molecule has 0 spiro atoms. The van der Waals surface area contributed by atoms with Crippen LogP contribution in [0.4, 0.5) is 0 Å². The number of carbonyl (C=O) groups is 1. The van der Waals surface area contributed by atoms with E-state index in [1.54, 1.807) is 25.6 Å². The van der Waals surface area contributed by atoms with Crippen molar-refractivity contribution in [3.63, 3.8) is 0 Å². The first-order chi connectivity index (χ1) is 13.7. The number of rotatable bonds is 8. The van der Waals surface area contributed by atoms with E-state index in [-0.39, 0.29) is 11.9 Å². The van der Waals surface area contributed by atoms with Gasteiger partial charge in [-0.1, -0.05) is 19.1 Å². The third kappa shape index (κ3) is 4.83. The summed E-state index contributed by atoms with van der Waals surface area (Å²) in [4.78, 5) is 19.0. The Labute approximate surface area is 170 Å². The molecule has 28 heavy (non-hydrogen) atoms. The van der Waals surface area contributed by atoms with Crippen LogP contribution in [0.2, 0.25) is 0 Å². The van der Waals surface area contributed by atoms with Crippen LogP contribution < -0.4 is 14.8 Å². The number of methoxy groups -OCH3 is 2. The van der Waals surface area contributed by atoms with Gasteiger partial charge in [0.1, 0.15) is 5.01 Å². The van der Waals surface area contributed by atoms with Gasteiger partial charge in [0.2, 0.25) is 5.91 Å². The van der Waals surface area contributed by atoms with Crippen LogP contribution in [0.3, 0.4) is 0 Å². The summed E-state index contributed by atoms with van der Waals surface area (Å²) in [6, 6.07) is 5.97. The molecule has 0 bridgehead atoms. The summed E-state index contributed by atoms with van der Waals surface area (Å²) < 4.78 is 11.0.